The minimum absolute atomic E-state index is 0.276. The van der Waals surface area contributed by atoms with Crippen LogP contribution in [0.5, 0.6) is 0 Å². The maximum Gasteiger partial charge on any atom is 0.340 e. The monoisotopic (exact) mass is 309 g/mol. The summed E-state index contributed by atoms with van der Waals surface area (Å²) < 4.78 is 6.76. The van der Waals surface area contributed by atoms with Gasteiger partial charge in [-0.05, 0) is 31.2 Å². The lowest BCUT2D eigenvalue weighted by atomic mass is 10.1. The predicted molar refractivity (Wildman–Crippen MR) is 85.5 cm³/mol. The summed E-state index contributed by atoms with van der Waals surface area (Å²) in [6.45, 7) is 2.01. The molecule has 3 rings (SSSR count). The highest BCUT2D eigenvalue weighted by Crippen LogP contribution is 2.17. The Labute approximate surface area is 132 Å². The van der Waals surface area contributed by atoms with Crippen molar-refractivity contribution in [2.75, 3.05) is 11.9 Å². The van der Waals surface area contributed by atoms with Gasteiger partial charge in [0.15, 0.2) is 0 Å². The van der Waals surface area contributed by atoms with Crippen LogP contribution >= 0.6 is 0 Å². The zero-order valence-corrected chi connectivity index (χ0v) is 12.5. The van der Waals surface area contributed by atoms with Gasteiger partial charge in [0.25, 0.3) is 5.91 Å². The minimum atomic E-state index is -0.464. The first kappa shape index (κ1) is 14.8. The van der Waals surface area contributed by atoms with E-state index in [1.807, 2.05) is 0 Å². The average Bonchev–Trinajstić information content (AvgIpc) is 3.03. The van der Waals surface area contributed by atoms with Crippen molar-refractivity contribution >= 4 is 23.2 Å². The van der Waals surface area contributed by atoms with E-state index in [1.165, 1.54) is 0 Å². The number of para-hydroxylation sites is 1. The molecule has 0 saturated heterocycles. The van der Waals surface area contributed by atoms with Crippen molar-refractivity contribution in [3.63, 3.8) is 0 Å². The van der Waals surface area contributed by atoms with Crippen LogP contribution in [0.2, 0.25) is 0 Å². The highest BCUT2D eigenvalue weighted by Gasteiger charge is 2.15. The molecule has 0 saturated carbocycles. The molecule has 0 atom stereocenters. The molecule has 0 aliphatic heterocycles. The third-order valence-electron chi connectivity index (χ3n) is 3.32. The molecule has 0 unspecified atom stereocenters. The lowest BCUT2D eigenvalue weighted by Gasteiger charge is -2.10. The molecule has 0 aliphatic carbocycles. The topological polar surface area (TPSA) is 72.7 Å². The number of nitrogens with zero attached hydrogens (tertiary/aromatic N) is 2. The van der Waals surface area contributed by atoms with Gasteiger partial charge in [-0.15, -0.1) is 0 Å². The highest BCUT2D eigenvalue weighted by atomic mass is 16.5. The maximum atomic E-state index is 12.4. The van der Waals surface area contributed by atoms with Crippen LogP contribution in [0.1, 0.15) is 27.6 Å². The summed E-state index contributed by atoms with van der Waals surface area (Å²) in [6.07, 6.45) is 5.11. The number of benzene rings is 1. The zero-order valence-electron chi connectivity index (χ0n) is 12.5. The SMILES string of the molecule is CCOC(=O)c1ccccc1NC(=O)c1ccc2nccn2c1. The number of ether oxygens (including phenoxy) is 1. The summed E-state index contributed by atoms with van der Waals surface area (Å²) >= 11 is 0. The van der Waals surface area contributed by atoms with Crippen LogP contribution in [0.15, 0.2) is 55.0 Å². The summed E-state index contributed by atoms with van der Waals surface area (Å²) in [5.74, 6) is -0.772. The molecule has 0 aliphatic rings. The number of imidazole rings is 1. The largest absolute Gasteiger partial charge is 0.462 e. The van der Waals surface area contributed by atoms with E-state index < -0.39 is 5.97 Å². The molecule has 6 nitrogen and oxygen atoms in total. The number of aromatic nitrogens is 2. The summed E-state index contributed by atoms with van der Waals surface area (Å²) in [7, 11) is 0. The number of esters is 1. The Morgan fingerprint density at radius 1 is 1.22 bits per heavy atom. The van der Waals surface area contributed by atoms with Crippen LogP contribution in [-0.2, 0) is 4.74 Å². The summed E-state index contributed by atoms with van der Waals surface area (Å²) in [5.41, 5.74) is 1.97. The maximum absolute atomic E-state index is 12.4. The van der Waals surface area contributed by atoms with Gasteiger partial charge in [0.05, 0.1) is 23.4 Å². The third-order valence-corrected chi connectivity index (χ3v) is 3.32. The molecule has 116 valence electrons. The van der Waals surface area contributed by atoms with Crippen LogP contribution in [0.25, 0.3) is 5.65 Å². The van der Waals surface area contributed by atoms with Gasteiger partial charge in [0, 0.05) is 18.6 Å². The molecule has 0 fully saturated rings. The molecule has 0 radical (unpaired) electrons. The molecule has 6 heteroatoms. The summed E-state index contributed by atoms with van der Waals surface area (Å²) in [5, 5.41) is 2.75. The van der Waals surface area contributed by atoms with Crippen LogP contribution in [0, 0.1) is 0 Å². The standard InChI is InChI=1S/C17H15N3O3/c1-2-23-17(22)13-5-3-4-6-14(13)19-16(21)12-7-8-15-18-9-10-20(15)11-12/h3-11H,2H2,1H3,(H,19,21). The van der Waals surface area contributed by atoms with Gasteiger partial charge in [0.1, 0.15) is 5.65 Å². The number of fused-ring (bicyclic) bond motifs is 1. The molecular weight excluding hydrogens is 294 g/mol. The van der Waals surface area contributed by atoms with E-state index in [0.717, 1.165) is 5.65 Å². The van der Waals surface area contributed by atoms with Gasteiger partial charge in [-0.3, -0.25) is 4.79 Å². The molecule has 0 bridgehead atoms. The number of hydrogen-bond donors (Lipinski definition) is 1. The summed E-state index contributed by atoms with van der Waals surface area (Å²) in [6, 6.07) is 10.2. The van der Waals surface area contributed by atoms with Crippen molar-refractivity contribution in [2.45, 2.75) is 6.92 Å². The zero-order chi connectivity index (χ0) is 16.2. The van der Waals surface area contributed by atoms with E-state index >= 15 is 0 Å². The van der Waals surface area contributed by atoms with Crippen LogP contribution in [-0.4, -0.2) is 27.9 Å². The van der Waals surface area contributed by atoms with Crippen molar-refractivity contribution in [3.05, 3.63) is 66.1 Å². The Bertz CT molecular complexity index is 870. The first-order chi connectivity index (χ1) is 11.2. The van der Waals surface area contributed by atoms with E-state index in [9.17, 15) is 9.59 Å². The summed E-state index contributed by atoms with van der Waals surface area (Å²) in [4.78, 5) is 28.5. The molecule has 3 aromatic rings. The average molecular weight is 309 g/mol. The van der Waals surface area contributed by atoms with Crippen molar-refractivity contribution < 1.29 is 14.3 Å². The number of anilines is 1. The third kappa shape index (κ3) is 3.06. The fourth-order valence-electron chi connectivity index (χ4n) is 2.23. The first-order valence-electron chi connectivity index (χ1n) is 7.19. The smallest absolute Gasteiger partial charge is 0.340 e. The fourth-order valence-corrected chi connectivity index (χ4v) is 2.23. The van der Waals surface area contributed by atoms with Gasteiger partial charge in [-0.1, -0.05) is 12.1 Å². The van der Waals surface area contributed by atoms with E-state index in [4.69, 9.17) is 4.74 Å². The van der Waals surface area contributed by atoms with Crippen molar-refractivity contribution in [1.82, 2.24) is 9.38 Å². The normalized spacial score (nSPS) is 10.5. The van der Waals surface area contributed by atoms with Gasteiger partial charge in [-0.2, -0.15) is 0 Å². The Kier molecular flexibility index (Phi) is 4.05. The minimum Gasteiger partial charge on any atom is -0.462 e. The number of nitrogens with one attached hydrogen (secondary N) is 1. The molecule has 1 N–H and O–H groups in total. The molecule has 2 heterocycles. The Morgan fingerprint density at radius 3 is 2.87 bits per heavy atom. The van der Waals surface area contributed by atoms with E-state index in [1.54, 1.807) is 66.3 Å². The quantitative estimate of drug-likeness (QED) is 0.752. The molecule has 1 amide bonds. The Balaban J connectivity index is 1.86. The predicted octanol–water partition coefficient (Wildman–Crippen LogP) is 2.76. The number of hydrogen-bond acceptors (Lipinski definition) is 4. The van der Waals surface area contributed by atoms with Crippen LogP contribution < -0.4 is 5.32 Å². The van der Waals surface area contributed by atoms with Crippen LogP contribution in [0.4, 0.5) is 5.69 Å². The molecule has 2 aromatic heterocycles. The molecule has 23 heavy (non-hydrogen) atoms. The number of rotatable bonds is 4. The van der Waals surface area contributed by atoms with Crippen molar-refractivity contribution in [1.29, 1.82) is 0 Å². The first-order valence-corrected chi connectivity index (χ1v) is 7.19. The van der Waals surface area contributed by atoms with Crippen LogP contribution in [0.3, 0.4) is 0 Å². The number of carbonyl (C=O) groups excluding carboxylic acids is 2. The Morgan fingerprint density at radius 2 is 2.04 bits per heavy atom. The van der Waals surface area contributed by atoms with Gasteiger partial charge in [0.2, 0.25) is 0 Å². The number of carbonyl (C=O) groups is 2. The van der Waals surface area contributed by atoms with Crippen molar-refractivity contribution in [2.24, 2.45) is 0 Å². The second-order valence-electron chi connectivity index (χ2n) is 4.83. The van der Waals surface area contributed by atoms with Crippen molar-refractivity contribution in [3.8, 4) is 0 Å². The second kappa shape index (κ2) is 6.31. The second-order valence-corrected chi connectivity index (χ2v) is 4.83. The molecule has 0 spiro atoms. The number of pyridine rings is 1. The number of amides is 1. The van der Waals surface area contributed by atoms with E-state index in [0.29, 0.717) is 16.8 Å². The lowest BCUT2D eigenvalue weighted by Crippen LogP contribution is -2.16. The van der Waals surface area contributed by atoms with E-state index in [2.05, 4.69) is 10.3 Å². The highest BCUT2D eigenvalue weighted by molar-refractivity contribution is 6.08. The Hall–Kier alpha value is -3.15. The lowest BCUT2D eigenvalue weighted by molar-refractivity contribution is 0.0527. The van der Waals surface area contributed by atoms with Gasteiger partial charge >= 0.3 is 5.97 Å². The fraction of sp³-hybridized carbons (Fsp3) is 0.118. The molecule has 1 aromatic carbocycles. The molecular formula is C17H15N3O3. The van der Waals surface area contributed by atoms with Gasteiger partial charge < -0.3 is 14.5 Å². The van der Waals surface area contributed by atoms with Gasteiger partial charge in [-0.25, -0.2) is 9.78 Å². The van der Waals surface area contributed by atoms with E-state index in [-0.39, 0.29) is 12.5 Å².